The Bertz CT molecular complexity index is 680. The van der Waals surface area contributed by atoms with E-state index >= 15 is 0 Å². The van der Waals surface area contributed by atoms with Gasteiger partial charge in [0, 0.05) is 17.8 Å². The van der Waals surface area contributed by atoms with Crippen LogP contribution in [-0.4, -0.2) is 32.3 Å². The van der Waals surface area contributed by atoms with Crippen molar-refractivity contribution in [1.82, 2.24) is 15.5 Å². The molecule has 21 heavy (non-hydrogen) atoms. The summed E-state index contributed by atoms with van der Waals surface area (Å²) in [5.41, 5.74) is 1.04. The van der Waals surface area contributed by atoms with Gasteiger partial charge in [0.2, 0.25) is 0 Å². The number of aromatic amines is 1. The van der Waals surface area contributed by atoms with E-state index in [1.807, 2.05) is 6.92 Å². The third-order valence-corrected chi connectivity index (χ3v) is 4.13. The van der Waals surface area contributed by atoms with Crippen LogP contribution in [-0.2, 0) is 16.6 Å². The van der Waals surface area contributed by atoms with Crippen LogP contribution in [0, 0.1) is 0 Å². The zero-order valence-corrected chi connectivity index (χ0v) is 12.7. The Morgan fingerprint density at radius 3 is 2.62 bits per heavy atom. The lowest BCUT2D eigenvalue weighted by atomic mass is 10.3. The molecule has 0 unspecified atom stereocenters. The number of hydrogen-bond donors (Lipinski definition) is 3. The van der Waals surface area contributed by atoms with E-state index in [2.05, 4.69) is 20.2 Å². The molecule has 1 aromatic heterocycles. The number of ether oxygens (including phenoxy) is 1. The highest BCUT2D eigenvalue weighted by Crippen LogP contribution is 2.20. The van der Waals surface area contributed by atoms with Gasteiger partial charge in [-0.15, -0.1) is 0 Å². The minimum absolute atomic E-state index is 0.0609. The molecule has 0 aliphatic heterocycles. The number of benzene rings is 1. The average molecular weight is 310 g/mol. The minimum atomic E-state index is -3.70. The Labute approximate surface area is 123 Å². The number of H-pyrrole nitrogens is 1. The number of rotatable bonds is 7. The third kappa shape index (κ3) is 3.73. The smallest absolute Gasteiger partial charge is 0.279 e. The van der Waals surface area contributed by atoms with Gasteiger partial charge in [0.15, 0.2) is 5.03 Å². The molecule has 1 heterocycles. The lowest BCUT2D eigenvalue weighted by molar-refractivity contribution is 0.340. The Balaban J connectivity index is 2.18. The molecule has 0 amide bonds. The van der Waals surface area contributed by atoms with Crippen molar-refractivity contribution in [1.29, 1.82) is 0 Å². The van der Waals surface area contributed by atoms with Gasteiger partial charge in [-0.3, -0.25) is 9.82 Å². The third-order valence-electron chi connectivity index (χ3n) is 2.73. The molecule has 1 aromatic carbocycles. The van der Waals surface area contributed by atoms with E-state index in [4.69, 9.17) is 4.74 Å². The van der Waals surface area contributed by atoms with Gasteiger partial charge >= 0.3 is 0 Å². The molecule has 2 aromatic rings. The summed E-state index contributed by atoms with van der Waals surface area (Å²) < 4.78 is 32.5. The van der Waals surface area contributed by atoms with Crippen LogP contribution >= 0.6 is 0 Å². The highest BCUT2D eigenvalue weighted by atomic mass is 32.2. The number of nitrogens with one attached hydrogen (secondary N) is 3. The minimum Gasteiger partial charge on any atom is -0.494 e. The molecule has 114 valence electrons. The van der Waals surface area contributed by atoms with Gasteiger partial charge in [-0.25, -0.2) is 0 Å². The standard InChI is InChI=1S/C13H18N4O3S/c1-3-20-12-6-4-11(5-7-12)17-21(18,19)13-10(8-14-2)9-15-16-13/h4-7,9,14,17H,3,8H2,1-2H3,(H,15,16). The first-order chi connectivity index (χ1) is 10.1. The van der Waals surface area contributed by atoms with Gasteiger partial charge in [-0.1, -0.05) is 0 Å². The second-order valence-corrected chi connectivity index (χ2v) is 5.94. The van der Waals surface area contributed by atoms with Crippen molar-refractivity contribution < 1.29 is 13.2 Å². The summed E-state index contributed by atoms with van der Waals surface area (Å²) in [7, 11) is -1.96. The van der Waals surface area contributed by atoms with Gasteiger partial charge in [0.05, 0.1) is 12.8 Å². The zero-order valence-electron chi connectivity index (χ0n) is 11.9. The van der Waals surface area contributed by atoms with Gasteiger partial charge in [0.25, 0.3) is 10.0 Å². The molecule has 3 N–H and O–H groups in total. The molecule has 0 aliphatic carbocycles. The molecule has 0 aliphatic rings. The molecule has 0 fully saturated rings. The average Bonchev–Trinajstić information content (AvgIpc) is 2.91. The molecule has 0 saturated carbocycles. The van der Waals surface area contributed by atoms with Crippen molar-refractivity contribution in [2.75, 3.05) is 18.4 Å². The summed E-state index contributed by atoms with van der Waals surface area (Å²) >= 11 is 0. The van der Waals surface area contributed by atoms with Crippen molar-refractivity contribution >= 4 is 15.7 Å². The van der Waals surface area contributed by atoms with Crippen molar-refractivity contribution in [2.45, 2.75) is 18.5 Å². The van der Waals surface area contributed by atoms with E-state index in [0.29, 0.717) is 30.2 Å². The van der Waals surface area contributed by atoms with Crippen molar-refractivity contribution in [3.8, 4) is 5.75 Å². The Kier molecular flexibility index (Phi) is 4.81. The van der Waals surface area contributed by atoms with E-state index in [1.165, 1.54) is 6.20 Å². The maximum Gasteiger partial charge on any atom is 0.279 e. The number of hydrogen-bond acceptors (Lipinski definition) is 5. The number of nitrogens with zero attached hydrogens (tertiary/aromatic N) is 1. The maximum atomic E-state index is 12.3. The summed E-state index contributed by atoms with van der Waals surface area (Å²) in [6.07, 6.45) is 1.49. The Morgan fingerprint density at radius 1 is 1.29 bits per heavy atom. The summed E-state index contributed by atoms with van der Waals surface area (Å²) in [4.78, 5) is 0. The van der Waals surface area contributed by atoms with Gasteiger partial charge in [-0.05, 0) is 38.2 Å². The van der Waals surface area contributed by atoms with Crippen molar-refractivity contribution in [2.24, 2.45) is 0 Å². The zero-order chi connectivity index (χ0) is 15.3. The predicted octanol–water partition coefficient (Wildman–Crippen LogP) is 1.33. The largest absolute Gasteiger partial charge is 0.494 e. The van der Waals surface area contributed by atoms with Crippen LogP contribution in [0.25, 0.3) is 0 Å². The van der Waals surface area contributed by atoms with Crippen LogP contribution in [0.15, 0.2) is 35.5 Å². The highest BCUT2D eigenvalue weighted by Gasteiger charge is 2.20. The number of sulfonamides is 1. The van der Waals surface area contributed by atoms with E-state index in [9.17, 15) is 8.42 Å². The van der Waals surface area contributed by atoms with Gasteiger partial charge < -0.3 is 10.1 Å². The maximum absolute atomic E-state index is 12.3. The molecule has 8 heteroatoms. The summed E-state index contributed by atoms with van der Waals surface area (Å²) in [6, 6.07) is 6.72. The summed E-state index contributed by atoms with van der Waals surface area (Å²) in [6.45, 7) is 2.86. The first-order valence-corrected chi connectivity index (χ1v) is 7.97. The lowest BCUT2D eigenvalue weighted by Gasteiger charge is -2.09. The van der Waals surface area contributed by atoms with E-state index in [1.54, 1.807) is 31.3 Å². The van der Waals surface area contributed by atoms with Crippen LogP contribution in [0.2, 0.25) is 0 Å². The number of aromatic nitrogens is 2. The van der Waals surface area contributed by atoms with Crippen LogP contribution in [0.5, 0.6) is 5.75 Å². The molecule has 0 radical (unpaired) electrons. The first-order valence-electron chi connectivity index (χ1n) is 6.49. The normalized spacial score (nSPS) is 11.3. The first kappa shape index (κ1) is 15.3. The van der Waals surface area contributed by atoms with Crippen LogP contribution in [0.4, 0.5) is 5.69 Å². The van der Waals surface area contributed by atoms with Crippen LogP contribution in [0.3, 0.4) is 0 Å². The van der Waals surface area contributed by atoms with Crippen LogP contribution < -0.4 is 14.8 Å². The van der Waals surface area contributed by atoms with Crippen molar-refractivity contribution in [3.63, 3.8) is 0 Å². The second-order valence-electron chi connectivity index (χ2n) is 4.32. The fourth-order valence-electron chi connectivity index (χ4n) is 1.84. The molecule has 2 rings (SSSR count). The number of anilines is 1. The molecule has 0 atom stereocenters. The lowest BCUT2D eigenvalue weighted by Crippen LogP contribution is -2.17. The van der Waals surface area contributed by atoms with E-state index in [0.717, 1.165) is 0 Å². The van der Waals surface area contributed by atoms with Gasteiger partial charge in [0.1, 0.15) is 5.75 Å². The monoisotopic (exact) mass is 310 g/mol. The summed E-state index contributed by atoms with van der Waals surface area (Å²) in [5.74, 6) is 0.692. The fourth-order valence-corrected chi connectivity index (χ4v) is 3.03. The molecular weight excluding hydrogens is 292 g/mol. The molecular formula is C13H18N4O3S. The van der Waals surface area contributed by atoms with Crippen LogP contribution in [0.1, 0.15) is 12.5 Å². The Hall–Kier alpha value is -2.06. The molecule has 0 saturated heterocycles. The van der Waals surface area contributed by atoms with E-state index in [-0.39, 0.29) is 5.03 Å². The summed E-state index contributed by atoms with van der Waals surface area (Å²) in [5, 5.41) is 9.26. The van der Waals surface area contributed by atoms with E-state index < -0.39 is 10.0 Å². The molecule has 0 spiro atoms. The highest BCUT2D eigenvalue weighted by molar-refractivity contribution is 7.92. The SMILES string of the molecule is CCOc1ccc(NS(=O)(=O)c2[nH]ncc2CNC)cc1. The van der Waals surface area contributed by atoms with Crippen molar-refractivity contribution in [3.05, 3.63) is 36.0 Å². The molecule has 0 bridgehead atoms. The fraction of sp³-hybridized carbons (Fsp3) is 0.308. The second kappa shape index (κ2) is 6.59. The van der Waals surface area contributed by atoms with Gasteiger partial charge in [-0.2, -0.15) is 13.5 Å². The quantitative estimate of drug-likeness (QED) is 0.717. The molecule has 7 nitrogen and oxygen atoms in total. The predicted molar refractivity (Wildman–Crippen MR) is 79.8 cm³/mol. The topological polar surface area (TPSA) is 96.1 Å². The Morgan fingerprint density at radius 2 is 2.00 bits per heavy atom.